The predicted molar refractivity (Wildman–Crippen MR) is 106 cm³/mol. The van der Waals surface area contributed by atoms with E-state index in [2.05, 4.69) is 11.1 Å². The van der Waals surface area contributed by atoms with Crippen molar-refractivity contribution in [3.63, 3.8) is 0 Å². The largest absolute Gasteiger partial charge is 0.493 e. The van der Waals surface area contributed by atoms with Gasteiger partial charge < -0.3 is 14.6 Å². The van der Waals surface area contributed by atoms with Crippen molar-refractivity contribution in [2.75, 3.05) is 7.11 Å². The zero-order chi connectivity index (χ0) is 19.4. The van der Waals surface area contributed by atoms with Crippen molar-refractivity contribution in [1.29, 1.82) is 0 Å². The van der Waals surface area contributed by atoms with Gasteiger partial charge in [-0.1, -0.05) is 36.8 Å². The third kappa shape index (κ3) is 4.28. The van der Waals surface area contributed by atoms with Crippen molar-refractivity contribution in [2.24, 2.45) is 0 Å². The molecule has 0 saturated carbocycles. The first-order chi connectivity index (χ1) is 13.0. The first kappa shape index (κ1) is 18.9. The van der Waals surface area contributed by atoms with Crippen LogP contribution in [0.4, 0.5) is 0 Å². The second kappa shape index (κ2) is 8.22. The number of hydrogen-bond acceptors (Lipinski definition) is 5. The Morgan fingerprint density at radius 2 is 2.00 bits per heavy atom. The molecule has 0 radical (unpaired) electrons. The number of nitrogens with zero attached hydrogens (tertiary/aromatic N) is 1. The SMILES string of the molecule is CCc1nc(-c2ccc(OC)c(OCc3cccc(C)c3)c2)sc1C(=O)O. The molecule has 27 heavy (non-hydrogen) atoms. The molecule has 0 saturated heterocycles. The molecular formula is C21H21NO4S. The number of carbonyl (C=O) groups is 1. The molecular weight excluding hydrogens is 362 g/mol. The summed E-state index contributed by atoms with van der Waals surface area (Å²) in [7, 11) is 1.59. The summed E-state index contributed by atoms with van der Waals surface area (Å²) >= 11 is 1.18. The molecule has 0 spiro atoms. The number of hydrogen-bond donors (Lipinski definition) is 1. The monoisotopic (exact) mass is 383 g/mol. The van der Waals surface area contributed by atoms with Gasteiger partial charge in [0, 0.05) is 5.56 Å². The minimum Gasteiger partial charge on any atom is -0.493 e. The van der Waals surface area contributed by atoms with Gasteiger partial charge in [0.25, 0.3) is 0 Å². The molecule has 0 bridgehead atoms. The Morgan fingerprint density at radius 1 is 1.19 bits per heavy atom. The van der Waals surface area contributed by atoms with E-state index in [1.807, 2.05) is 50.2 Å². The van der Waals surface area contributed by atoms with E-state index in [0.717, 1.165) is 11.1 Å². The van der Waals surface area contributed by atoms with Crippen molar-refractivity contribution in [3.8, 4) is 22.1 Å². The molecule has 1 heterocycles. The lowest BCUT2D eigenvalue weighted by Crippen LogP contribution is -1.98. The summed E-state index contributed by atoms with van der Waals surface area (Å²) in [6.45, 7) is 4.36. The summed E-state index contributed by atoms with van der Waals surface area (Å²) < 4.78 is 11.4. The number of aryl methyl sites for hydroxylation is 2. The molecule has 6 heteroatoms. The number of rotatable bonds is 7. The number of aromatic nitrogens is 1. The number of thiazole rings is 1. The van der Waals surface area contributed by atoms with Crippen LogP contribution in [0.15, 0.2) is 42.5 Å². The van der Waals surface area contributed by atoms with Gasteiger partial charge >= 0.3 is 5.97 Å². The molecule has 5 nitrogen and oxygen atoms in total. The Labute approximate surface area is 162 Å². The van der Waals surface area contributed by atoms with E-state index in [9.17, 15) is 9.90 Å². The predicted octanol–water partition coefficient (Wildman–Crippen LogP) is 4.97. The van der Waals surface area contributed by atoms with Crippen LogP contribution in [0.5, 0.6) is 11.5 Å². The van der Waals surface area contributed by atoms with Crippen LogP contribution in [0.2, 0.25) is 0 Å². The van der Waals surface area contributed by atoms with Gasteiger partial charge in [-0.05, 0) is 37.1 Å². The zero-order valence-corrected chi connectivity index (χ0v) is 16.3. The molecule has 0 aliphatic rings. The average molecular weight is 383 g/mol. The van der Waals surface area contributed by atoms with Crippen LogP contribution in [0.1, 0.15) is 33.4 Å². The fourth-order valence-corrected chi connectivity index (χ4v) is 3.76. The molecule has 0 atom stereocenters. The lowest BCUT2D eigenvalue weighted by Gasteiger charge is -2.12. The molecule has 0 unspecified atom stereocenters. The Bertz CT molecular complexity index is 965. The van der Waals surface area contributed by atoms with Crippen LogP contribution < -0.4 is 9.47 Å². The minimum absolute atomic E-state index is 0.283. The van der Waals surface area contributed by atoms with Gasteiger partial charge in [0.2, 0.25) is 0 Å². The number of carboxylic acid groups (broad SMARTS) is 1. The molecule has 140 valence electrons. The fourth-order valence-electron chi connectivity index (χ4n) is 2.77. The molecule has 2 aromatic carbocycles. The van der Waals surface area contributed by atoms with Crippen LogP contribution in [0, 0.1) is 6.92 Å². The summed E-state index contributed by atoms with van der Waals surface area (Å²) in [6.07, 6.45) is 0.574. The summed E-state index contributed by atoms with van der Waals surface area (Å²) in [6, 6.07) is 13.6. The summed E-state index contributed by atoms with van der Waals surface area (Å²) in [5.41, 5.74) is 3.65. The summed E-state index contributed by atoms with van der Waals surface area (Å²) in [5, 5.41) is 10.0. The van der Waals surface area contributed by atoms with E-state index in [1.54, 1.807) is 7.11 Å². The molecule has 3 rings (SSSR count). The first-order valence-corrected chi connectivity index (χ1v) is 9.43. The third-order valence-electron chi connectivity index (χ3n) is 4.11. The second-order valence-corrected chi connectivity index (χ2v) is 7.10. The third-order valence-corrected chi connectivity index (χ3v) is 5.25. The van der Waals surface area contributed by atoms with E-state index in [4.69, 9.17) is 9.47 Å². The molecule has 1 aromatic heterocycles. The van der Waals surface area contributed by atoms with Gasteiger partial charge in [0.1, 0.15) is 16.5 Å². The first-order valence-electron chi connectivity index (χ1n) is 8.61. The number of methoxy groups -OCH3 is 1. The van der Waals surface area contributed by atoms with Crippen molar-refractivity contribution < 1.29 is 19.4 Å². The number of benzene rings is 2. The van der Waals surface area contributed by atoms with Crippen LogP contribution in [0.25, 0.3) is 10.6 Å². The topological polar surface area (TPSA) is 68.7 Å². The highest BCUT2D eigenvalue weighted by Crippen LogP contribution is 2.35. The van der Waals surface area contributed by atoms with E-state index >= 15 is 0 Å². The van der Waals surface area contributed by atoms with Gasteiger partial charge in [-0.3, -0.25) is 0 Å². The molecule has 3 aromatic rings. The Balaban J connectivity index is 1.90. The summed E-state index contributed by atoms with van der Waals surface area (Å²) in [5.74, 6) is 0.277. The maximum Gasteiger partial charge on any atom is 0.347 e. The Kier molecular flexibility index (Phi) is 5.76. The normalized spacial score (nSPS) is 10.6. The highest BCUT2D eigenvalue weighted by Gasteiger charge is 2.18. The Morgan fingerprint density at radius 3 is 2.63 bits per heavy atom. The highest BCUT2D eigenvalue weighted by molar-refractivity contribution is 7.17. The fraction of sp³-hybridized carbons (Fsp3) is 0.238. The van der Waals surface area contributed by atoms with Crippen LogP contribution in [-0.4, -0.2) is 23.2 Å². The van der Waals surface area contributed by atoms with Gasteiger partial charge in [0.15, 0.2) is 11.5 Å². The van der Waals surface area contributed by atoms with Crippen LogP contribution in [0.3, 0.4) is 0 Å². The average Bonchev–Trinajstić information content (AvgIpc) is 3.11. The molecule has 0 amide bonds. The number of ether oxygens (including phenoxy) is 2. The standard InChI is InChI=1S/C21H21NO4S/c1-4-16-19(21(23)24)27-20(22-16)15-8-9-17(25-3)18(11-15)26-12-14-7-5-6-13(2)10-14/h5-11H,4,12H2,1-3H3,(H,23,24). The molecule has 0 fully saturated rings. The quantitative estimate of drug-likeness (QED) is 0.624. The van der Waals surface area contributed by atoms with Gasteiger partial charge in [-0.2, -0.15) is 0 Å². The summed E-state index contributed by atoms with van der Waals surface area (Å²) in [4.78, 5) is 16.2. The zero-order valence-electron chi connectivity index (χ0n) is 15.5. The lowest BCUT2D eigenvalue weighted by atomic mass is 10.1. The van der Waals surface area contributed by atoms with E-state index < -0.39 is 5.97 Å². The van der Waals surface area contributed by atoms with Crippen molar-refractivity contribution >= 4 is 17.3 Å². The molecule has 1 N–H and O–H groups in total. The minimum atomic E-state index is -0.944. The van der Waals surface area contributed by atoms with E-state index in [-0.39, 0.29) is 4.88 Å². The Hall–Kier alpha value is -2.86. The highest BCUT2D eigenvalue weighted by atomic mass is 32.1. The molecule has 0 aliphatic carbocycles. The van der Waals surface area contributed by atoms with E-state index in [0.29, 0.717) is 35.2 Å². The second-order valence-electron chi connectivity index (χ2n) is 6.10. The maximum atomic E-state index is 11.4. The van der Waals surface area contributed by atoms with Crippen LogP contribution in [-0.2, 0) is 13.0 Å². The number of aromatic carboxylic acids is 1. The van der Waals surface area contributed by atoms with Crippen molar-refractivity contribution in [1.82, 2.24) is 4.98 Å². The van der Waals surface area contributed by atoms with Gasteiger partial charge in [-0.15, -0.1) is 11.3 Å². The maximum absolute atomic E-state index is 11.4. The molecule has 0 aliphatic heterocycles. The van der Waals surface area contributed by atoms with Crippen molar-refractivity contribution in [3.05, 3.63) is 64.2 Å². The van der Waals surface area contributed by atoms with Gasteiger partial charge in [0.05, 0.1) is 12.8 Å². The van der Waals surface area contributed by atoms with Crippen molar-refractivity contribution in [2.45, 2.75) is 26.9 Å². The lowest BCUT2D eigenvalue weighted by molar-refractivity contribution is 0.0701. The van der Waals surface area contributed by atoms with Gasteiger partial charge in [-0.25, -0.2) is 9.78 Å². The number of carboxylic acids is 1. The van der Waals surface area contributed by atoms with Crippen LogP contribution >= 0.6 is 11.3 Å². The van der Waals surface area contributed by atoms with E-state index in [1.165, 1.54) is 16.9 Å². The smallest absolute Gasteiger partial charge is 0.347 e.